The Bertz CT molecular complexity index is 961. The number of benzene rings is 1. The Hall–Kier alpha value is -2.34. The molecule has 2 N–H and O–H groups in total. The third kappa shape index (κ3) is 3.33. The molecule has 1 aromatic carbocycles. The Morgan fingerprint density at radius 3 is 2.38 bits per heavy atom. The molecule has 2 heterocycles. The SMILES string of the molecule is c1csc(-c2noc(CNc3ccccc3NC34CC5CC(CC(C5)C3)C4)n2)c1. The standard InChI is InChI=1S/C23H26N4OS/c1-2-5-19(26-23-11-15-8-16(12-23)10-17(9-15)13-23)18(4-1)24-14-21-25-22(27-28-21)20-6-3-7-29-20/h1-7,15-17,24,26H,8-14H2. The largest absolute Gasteiger partial charge is 0.378 e. The van der Waals surface area contributed by atoms with Gasteiger partial charge in [-0.05, 0) is 79.9 Å². The summed E-state index contributed by atoms with van der Waals surface area (Å²) in [5.41, 5.74) is 2.61. The van der Waals surface area contributed by atoms with Crippen LogP contribution >= 0.6 is 11.3 Å². The Kier molecular flexibility index (Phi) is 4.15. The molecule has 0 amide bonds. The van der Waals surface area contributed by atoms with Gasteiger partial charge in [-0.15, -0.1) is 11.3 Å². The minimum absolute atomic E-state index is 0.295. The van der Waals surface area contributed by atoms with Crippen molar-refractivity contribution in [1.29, 1.82) is 0 Å². The first-order valence-corrected chi connectivity index (χ1v) is 11.6. The Balaban J connectivity index is 1.18. The first-order valence-electron chi connectivity index (χ1n) is 10.7. The lowest BCUT2D eigenvalue weighted by Crippen LogP contribution is -2.54. The summed E-state index contributed by atoms with van der Waals surface area (Å²) in [6.07, 6.45) is 8.39. The van der Waals surface area contributed by atoms with Gasteiger partial charge in [-0.1, -0.05) is 23.4 Å². The molecule has 4 bridgehead atoms. The summed E-state index contributed by atoms with van der Waals surface area (Å²) in [6, 6.07) is 12.6. The predicted molar refractivity (Wildman–Crippen MR) is 116 cm³/mol. The summed E-state index contributed by atoms with van der Waals surface area (Å²) in [4.78, 5) is 5.56. The summed E-state index contributed by atoms with van der Waals surface area (Å²) < 4.78 is 5.45. The van der Waals surface area contributed by atoms with Crippen LogP contribution in [-0.4, -0.2) is 15.7 Å². The second-order valence-corrected chi connectivity index (χ2v) is 10.2. The van der Waals surface area contributed by atoms with E-state index in [1.165, 1.54) is 44.2 Å². The number of hydrogen-bond acceptors (Lipinski definition) is 6. The average Bonchev–Trinajstić information content (AvgIpc) is 3.38. The lowest BCUT2D eigenvalue weighted by Gasteiger charge is -2.57. The van der Waals surface area contributed by atoms with Crippen LogP contribution in [0.4, 0.5) is 11.4 Å². The maximum Gasteiger partial charge on any atom is 0.246 e. The molecule has 2 aromatic heterocycles. The van der Waals surface area contributed by atoms with Crippen molar-refractivity contribution in [2.75, 3.05) is 10.6 Å². The van der Waals surface area contributed by atoms with E-state index in [9.17, 15) is 0 Å². The zero-order valence-corrected chi connectivity index (χ0v) is 17.3. The van der Waals surface area contributed by atoms with Gasteiger partial charge in [-0.25, -0.2) is 0 Å². The van der Waals surface area contributed by atoms with E-state index in [0.717, 1.165) is 28.3 Å². The van der Waals surface area contributed by atoms with Crippen molar-refractivity contribution in [3.63, 3.8) is 0 Å². The van der Waals surface area contributed by atoms with E-state index in [0.29, 0.717) is 23.8 Å². The van der Waals surface area contributed by atoms with E-state index < -0.39 is 0 Å². The van der Waals surface area contributed by atoms with Crippen LogP contribution in [0.25, 0.3) is 10.7 Å². The van der Waals surface area contributed by atoms with Crippen LogP contribution in [0.1, 0.15) is 44.4 Å². The summed E-state index contributed by atoms with van der Waals surface area (Å²) in [5, 5.41) is 13.6. The molecule has 150 valence electrons. The van der Waals surface area contributed by atoms with E-state index in [-0.39, 0.29) is 0 Å². The molecular weight excluding hydrogens is 380 g/mol. The highest BCUT2D eigenvalue weighted by molar-refractivity contribution is 7.13. The van der Waals surface area contributed by atoms with Gasteiger partial charge in [0, 0.05) is 5.54 Å². The molecule has 6 heteroatoms. The fourth-order valence-corrected chi connectivity index (χ4v) is 6.95. The number of rotatable bonds is 6. The van der Waals surface area contributed by atoms with E-state index >= 15 is 0 Å². The number of thiophene rings is 1. The van der Waals surface area contributed by atoms with Crippen LogP contribution in [0.3, 0.4) is 0 Å². The van der Waals surface area contributed by atoms with E-state index in [4.69, 9.17) is 4.52 Å². The number of aromatic nitrogens is 2. The second kappa shape index (κ2) is 6.87. The van der Waals surface area contributed by atoms with E-state index in [1.54, 1.807) is 11.3 Å². The third-order valence-corrected chi connectivity index (χ3v) is 7.87. The minimum atomic E-state index is 0.295. The normalized spacial score (nSPS) is 29.9. The van der Waals surface area contributed by atoms with Gasteiger partial charge in [0.1, 0.15) is 0 Å². The van der Waals surface area contributed by atoms with Crippen molar-refractivity contribution in [2.45, 2.75) is 50.6 Å². The number of nitrogens with zero attached hydrogens (tertiary/aromatic N) is 2. The summed E-state index contributed by atoms with van der Waals surface area (Å²) in [5.74, 6) is 4.07. The van der Waals surface area contributed by atoms with Crippen molar-refractivity contribution in [3.05, 3.63) is 47.7 Å². The van der Waals surface area contributed by atoms with Gasteiger partial charge < -0.3 is 15.2 Å². The fourth-order valence-electron chi connectivity index (χ4n) is 6.30. The van der Waals surface area contributed by atoms with Gasteiger partial charge >= 0.3 is 0 Å². The van der Waals surface area contributed by atoms with Crippen LogP contribution in [0.15, 0.2) is 46.3 Å². The lowest BCUT2D eigenvalue weighted by molar-refractivity contribution is 0.0107. The second-order valence-electron chi connectivity index (χ2n) is 9.21. The zero-order valence-electron chi connectivity index (χ0n) is 16.4. The quantitative estimate of drug-likeness (QED) is 0.542. The molecular formula is C23H26N4OS. The van der Waals surface area contributed by atoms with Crippen molar-refractivity contribution in [2.24, 2.45) is 17.8 Å². The maximum atomic E-state index is 5.45. The molecule has 3 aromatic rings. The molecule has 7 rings (SSSR count). The molecule has 5 nitrogen and oxygen atoms in total. The minimum Gasteiger partial charge on any atom is -0.378 e. The van der Waals surface area contributed by atoms with E-state index in [2.05, 4.69) is 45.0 Å². The number of nitrogens with one attached hydrogen (secondary N) is 2. The maximum absolute atomic E-state index is 5.45. The molecule has 0 aliphatic heterocycles. The smallest absolute Gasteiger partial charge is 0.246 e. The molecule has 0 spiro atoms. The van der Waals surface area contributed by atoms with Crippen LogP contribution in [-0.2, 0) is 6.54 Å². The lowest BCUT2D eigenvalue weighted by atomic mass is 9.53. The van der Waals surface area contributed by atoms with Crippen LogP contribution < -0.4 is 10.6 Å². The summed E-state index contributed by atoms with van der Waals surface area (Å²) in [7, 11) is 0. The van der Waals surface area contributed by atoms with Crippen molar-refractivity contribution >= 4 is 22.7 Å². The van der Waals surface area contributed by atoms with Gasteiger partial charge in [-0.3, -0.25) is 0 Å². The highest BCUT2D eigenvalue weighted by atomic mass is 32.1. The predicted octanol–water partition coefficient (Wildman–Crippen LogP) is 5.79. The molecule has 0 unspecified atom stereocenters. The average molecular weight is 407 g/mol. The number of anilines is 2. The third-order valence-electron chi connectivity index (χ3n) is 7.00. The molecule has 29 heavy (non-hydrogen) atoms. The topological polar surface area (TPSA) is 63.0 Å². The Labute approximate surface area is 174 Å². The zero-order chi connectivity index (χ0) is 19.3. The first-order chi connectivity index (χ1) is 14.2. The first kappa shape index (κ1) is 17.5. The summed E-state index contributed by atoms with van der Waals surface area (Å²) >= 11 is 1.62. The summed E-state index contributed by atoms with van der Waals surface area (Å²) in [6.45, 7) is 0.526. The van der Waals surface area contributed by atoms with Crippen LogP contribution in [0.2, 0.25) is 0 Å². The van der Waals surface area contributed by atoms with Crippen LogP contribution in [0, 0.1) is 17.8 Å². The highest BCUT2D eigenvalue weighted by Gasteiger charge is 2.51. The molecule has 4 saturated carbocycles. The molecule has 0 radical (unpaired) electrons. The van der Waals surface area contributed by atoms with Gasteiger partial charge in [0.05, 0.1) is 22.8 Å². The molecule has 0 atom stereocenters. The Morgan fingerprint density at radius 1 is 0.966 bits per heavy atom. The highest BCUT2D eigenvalue weighted by Crippen LogP contribution is 2.56. The monoisotopic (exact) mass is 406 g/mol. The Morgan fingerprint density at radius 2 is 1.69 bits per heavy atom. The number of hydrogen-bond donors (Lipinski definition) is 2. The molecule has 4 aliphatic carbocycles. The van der Waals surface area contributed by atoms with E-state index in [1.807, 2.05) is 17.5 Å². The molecule has 0 saturated heterocycles. The fraction of sp³-hybridized carbons (Fsp3) is 0.478. The van der Waals surface area contributed by atoms with Gasteiger partial charge in [0.15, 0.2) is 0 Å². The van der Waals surface area contributed by atoms with Gasteiger partial charge in [0.2, 0.25) is 11.7 Å². The van der Waals surface area contributed by atoms with Crippen molar-refractivity contribution in [1.82, 2.24) is 10.1 Å². The number of para-hydroxylation sites is 2. The van der Waals surface area contributed by atoms with Gasteiger partial charge in [0.25, 0.3) is 0 Å². The van der Waals surface area contributed by atoms with Gasteiger partial charge in [-0.2, -0.15) is 4.98 Å². The van der Waals surface area contributed by atoms with Crippen molar-refractivity contribution < 1.29 is 4.52 Å². The van der Waals surface area contributed by atoms with Crippen LogP contribution in [0.5, 0.6) is 0 Å². The molecule has 4 fully saturated rings. The molecule has 4 aliphatic rings. The van der Waals surface area contributed by atoms with Crippen molar-refractivity contribution in [3.8, 4) is 10.7 Å².